The van der Waals surface area contributed by atoms with Crippen LogP contribution in [0.4, 0.5) is 0 Å². The lowest BCUT2D eigenvalue weighted by Crippen LogP contribution is -2.36. The maximum Gasteiger partial charge on any atom is 0.00965 e. The maximum absolute atomic E-state index is 3.56. The van der Waals surface area contributed by atoms with Crippen molar-refractivity contribution in [3.05, 3.63) is 0 Å². The summed E-state index contributed by atoms with van der Waals surface area (Å²) in [6.45, 7) is 10.3. The van der Waals surface area contributed by atoms with Crippen LogP contribution in [0.5, 0.6) is 0 Å². The van der Waals surface area contributed by atoms with Gasteiger partial charge in [0, 0.05) is 10.8 Å². The standard InChI is InChI=1S/C14H29NS/c1-12-7-5-8-13(11-12)16-10-6-9-15-14(2,3)4/h12-13,15H,5-11H2,1-4H3. The van der Waals surface area contributed by atoms with Crippen molar-refractivity contribution in [2.24, 2.45) is 5.92 Å². The van der Waals surface area contributed by atoms with E-state index in [4.69, 9.17) is 0 Å². The number of rotatable bonds is 5. The second-order valence-electron chi connectivity index (χ2n) is 6.29. The molecule has 0 amide bonds. The Bertz CT molecular complexity index is 186. The number of thioether (sulfide) groups is 1. The molecule has 0 heterocycles. The Balaban J connectivity index is 1.98. The molecule has 96 valence electrons. The van der Waals surface area contributed by atoms with Gasteiger partial charge in [0.05, 0.1) is 0 Å². The minimum Gasteiger partial charge on any atom is -0.312 e. The van der Waals surface area contributed by atoms with Crippen molar-refractivity contribution in [1.29, 1.82) is 0 Å². The summed E-state index contributed by atoms with van der Waals surface area (Å²) in [4.78, 5) is 0. The first-order valence-corrected chi connectivity index (χ1v) is 7.89. The SMILES string of the molecule is CC1CCCC(SCCCNC(C)(C)C)C1. The van der Waals surface area contributed by atoms with Crippen LogP contribution in [0.1, 0.15) is 59.8 Å². The van der Waals surface area contributed by atoms with Crippen molar-refractivity contribution in [3.63, 3.8) is 0 Å². The monoisotopic (exact) mass is 243 g/mol. The van der Waals surface area contributed by atoms with Crippen LogP contribution >= 0.6 is 11.8 Å². The first-order chi connectivity index (χ1) is 7.47. The minimum atomic E-state index is 0.282. The lowest BCUT2D eigenvalue weighted by atomic mass is 9.91. The molecule has 16 heavy (non-hydrogen) atoms. The molecule has 1 saturated carbocycles. The number of hydrogen-bond acceptors (Lipinski definition) is 2. The minimum absolute atomic E-state index is 0.282. The summed E-state index contributed by atoms with van der Waals surface area (Å²) in [5, 5.41) is 4.51. The molecule has 0 saturated heterocycles. The molecule has 0 spiro atoms. The molecule has 2 heteroatoms. The second kappa shape index (κ2) is 6.90. The molecule has 0 radical (unpaired) electrons. The van der Waals surface area contributed by atoms with Crippen molar-refractivity contribution < 1.29 is 0 Å². The predicted molar refractivity (Wildman–Crippen MR) is 76.3 cm³/mol. The number of nitrogens with one attached hydrogen (secondary N) is 1. The fourth-order valence-corrected chi connectivity index (χ4v) is 3.76. The van der Waals surface area contributed by atoms with E-state index in [2.05, 4.69) is 44.8 Å². The van der Waals surface area contributed by atoms with E-state index in [1.807, 2.05) is 0 Å². The van der Waals surface area contributed by atoms with Crippen molar-refractivity contribution in [2.45, 2.75) is 70.6 Å². The van der Waals surface area contributed by atoms with Gasteiger partial charge in [0.25, 0.3) is 0 Å². The summed E-state index contributed by atoms with van der Waals surface area (Å²) in [6.07, 6.45) is 7.15. The molecule has 0 aromatic rings. The average Bonchev–Trinajstić information content (AvgIpc) is 2.15. The largest absolute Gasteiger partial charge is 0.312 e. The van der Waals surface area contributed by atoms with Gasteiger partial charge in [-0.2, -0.15) is 11.8 Å². The van der Waals surface area contributed by atoms with Crippen LogP contribution in [0.15, 0.2) is 0 Å². The highest BCUT2D eigenvalue weighted by Crippen LogP contribution is 2.31. The zero-order chi connectivity index (χ0) is 12.0. The third-order valence-corrected chi connectivity index (χ3v) is 4.64. The molecular formula is C14H29NS. The van der Waals surface area contributed by atoms with Gasteiger partial charge >= 0.3 is 0 Å². The fraction of sp³-hybridized carbons (Fsp3) is 1.00. The van der Waals surface area contributed by atoms with Gasteiger partial charge in [0.2, 0.25) is 0 Å². The summed E-state index contributed by atoms with van der Waals surface area (Å²) >= 11 is 2.21. The van der Waals surface area contributed by atoms with Gasteiger partial charge in [-0.05, 0) is 58.2 Å². The highest BCUT2D eigenvalue weighted by Gasteiger charge is 2.18. The second-order valence-corrected chi connectivity index (χ2v) is 7.70. The van der Waals surface area contributed by atoms with Gasteiger partial charge in [-0.3, -0.25) is 0 Å². The van der Waals surface area contributed by atoms with Crippen molar-refractivity contribution in [3.8, 4) is 0 Å². The Kier molecular flexibility index (Phi) is 6.20. The first-order valence-electron chi connectivity index (χ1n) is 6.84. The van der Waals surface area contributed by atoms with Crippen LogP contribution in [0.2, 0.25) is 0 Å². The molecule has 0 bridgehead atoms. The molecule has 0 aliphatic heterocycles. The Morgan fingerprint density at radius 3 is 2.62 bits per heavy atom. The molecular weight excluding hydrogens is 214 g/mol. The van der Waals surface area contributed by atoms with Crippen molar-refractivity contribution >= 4 is 11.8 Å². The molecule has 2 atom stereocenters. The number of hydrogen-bond donors (Lipinski definition) is 1. The van der Waals surface area contributed by atoms with Crippen molar-refractivity contribution in [2.75, 3.05) is 12.3 Å². The molecule has 0 aromatic heterocycles. The zero-order valence-corrected chi connectivity index (χ0v) is 12.3. The van der Waals surface area contributed by atoms with Gasteiger partial charge < -0.3 is 5.32 Å². The van der Waals surface area contributed by atoms with E-state index in [9.17, 15) is 0 Å². The molecule has 0 aromatic carbocycles. The van der Waals surface area contributed by atoms with Crippen LogP contribution in [0.25, 0.3) is 0 Å². The third-order valence-electron chi connectivity index (χ3n) is 3.22. The van der Waals surface area contributed by atoms with Crippen molar-refractivity contribution in [1.82, 2.24) is 5.32 Å². The van der Waals surface area contributed by atoms with Crippen LogP contribution < -0.4 is 5.32 Å². The highest BCUT2D eigenvalue weighted by molar-refractivity contribution is 7.99. The van der Waals surface area contributed by atoms with Crippen LogP contribution in [0, 0.1) is 5.92 Å². The quantitative estimate of drug-likeness (QED) is 0.730. The predicted octanol–water partition coefficient (Wildman–Crippen LogP) is 4.08. The Labute approximate surface area is 106 Å². The van der Waals surface area contributed by atoms with E-state index in [1.54, 1.807) is 0 Å². The van der Waals surface area contributed by atoms with E-state index >= 15 is 0 Å². The lowest BCUT2D eigenvalue weighted by Gasteiger charge is -2.26. The van der Waals surface area contributed by atoms with E-state index in [0.29, 0.717) is 0 Å². The van der Waals surface area contributed by atoms with Gasteiger partial charge in [-0.1, -0.05) is 19.8 Å². The van der Waals surface area contributed by atoms with E-state index in [1.165, 1.54) is 44.4 Å². The van der Waals surface area contributed by atoms with Gasteiger partial charge in [-0.25, -0.2) is 0 Å². The summed E-state index contributed by atoms with van der Waals surface area (Å²) in [5.41, 5.74) is 0.282. The third kappa shape index (κ3) is 6.80. The summed E-state index contributed by atoms with van der Waals surface area (Å²) in [6, 6.07) is 0. The Morgan fingerprint density at radius 1 is 1.25 bits per heavy atom. The maximum atomic E-state index is 3.56. The molecule has 1 nitrogen and oxygen atoms in total. The van der Waals surface area contributed by atoms with E-state index < -0.39 is 0 Å². The van der Waals surface area contributed by atoms with Gasteiger partial charge in [-0.15, -0.1) is 0 Å². The molecule has 2 unspecified atom stereocenters. The van der Waals surface area contributed by atoms with Gasteiger partial charge in [0.15, 0.2) is 0 Å². The first kappa shape index (κ1) is 14.4. The Morgan fingerprint density at radius 2 is 2.00 bits per heavy atom. The fourth-order valence-electron chi connectivity index (χ4n) is 2.32. The topological polar surface area (TPSA) is 12.0 Å². The summed E-state index contributed by atoms with van der Waals surface area (Å²) < 4.78 is 0. The van der Waals surface area contributed by atoms with E-state index in [-0.39, 0.29) is 5.54 Å². The molecule has 1 aliphatic carbocycles. The van der Waals surface area contributed by atoms with Crippen LogP contribution in [0.3, 0.4) is 0 Å². The summed E-state index contributed by atoms with van der Waals surface area (Å²) in [5.74, 6) is 2.31. The smallest absolute Gasteiger partial charge is 0.00965 e. The van der Waals surface area contributed by atoms with Gasteiger partial charge in [0.1, 0.15) is 0 Å². The summed E-state index contributed by atoms with van der Waals surface area (Å²) in [7, 11) is 0. The van der Waals surface area contributed by atoms with E-state index in [0.717, 1.165) is 11.2 Å². The average molecular weight is 243 g/mol. The highest BCUT2D eigenvalue weighted by atomic mass is 32.2. The lowest BCUT2D eigenvalue weighted by molar-refractivity contribution is 0.394. The molecule has 1 N–H and O–H groups in total. The molecule has 1 fully saturated rings. The van der Waals surface area contributed by atoms with Crippen LogP contribution in [-0.4, -0.2) is 23.1 Å². The molecule has 1 rings (SSSR count). The Hall–Kier alpha value is 0.310. The zero-order valence-electron chi connectivity index (χ0n) is 11.5. The van der Waals surface area contributed by atoms with Crippen LogP contribution in [-0.2, 0) is 0 Å². The normalized spacial score (nSPS) is 27.0. The molecule has 1 aliphatic rings.